The van der Waals surface area contributed by atoms with Crippen molar-refractivity contribution in [3.8, 4) is 5.75 Å². The number of rotatable bonds is 10. The molecule has 0 aliphatic carbocycles. The van der Waals surface area contributed by atoms with Gasteiger partial charge in [0.2, 0.25) is 0 Å². The summed E-state index contributed by atoms with van der Waals surface area (Å²) >= 11 is 0. The van der Waals surface area contributed by atoms with Crippen LogP contribution in [0.2, 0.25) is 0 Å². The van der Waals surface area contributed by atoms with Gasteiger partial charge in [0.1, 0.15) is 5.75 Å². The third-order valence-corrected chi connectivity index (χ3v) is 3.59. The lowest BCUT2D eigenvalue weighted by atomic mass is 10.0. The molecule has 0 saturated carbocycles. The fraction of sp³-hybridized carbons (Fsp3) is 0.647. The van der Waals surface area contributed by atoms with Gasteiger partial charge in [-0.2, -0.15) is 0 Å². The number of nitrogens with one attached hydrogen (secondary N) is 1. The fourth-order valence-corrected chi connectivity index (χ4v) is 2.32. The molecule has 108 valence electrons. The molecule has 0 fully saturated rings. The molecule has 1 atom stereocenters. The molecule has 1 rings (SSSR count). The minimum absolute atomic E-state index is 0.578. The molecule has 19 heavy (non-hydrogen) atoms. The van der Waals surface area contributed by atoms with Gasteiger partial charge in [-0.25, -0.2) is 0 Å². The summed E-state index contributed by atoms with van der Waals surface area (Å²) in [5, 5.41) is 3.61. The highest BCUT2D eigenvalue weighted by Gasteiger charge is 2.06. The zero-order chi connectivity index (χ0) is 13.9. The zero-order valence-electron chi connectivity index (χ0n) is 12.7. The Kier molecular flexibility index (Phi) is 8.11. The van der Waals surface area contributed by atoms with Crippen molar-refractivity contribution in [1.82, 2.24) is 0 Å². The molecule has 1 N–H and O–H groups in total. The molecule has 0 amide bonds. The lowest BCUT2D eigenvalue weighted by molar-refractivity contribution is 0.415. The molecule has 0 bridgehead atoms. The van der Waals surface area contributed by atoms with Crippen LogP contribution in [0.25, 0.3) is 0 Å². The molecule has 0 aliphatic heterocycles. The predicted octanol–water partition coefficient (Wildman–Crippen LogP) is 5.25. The Labute approximate surface area is 118 Å². The summed E-state index contributed by atoms with van der Waals surface area (Å²) < 4.78 is 5.26. The standard InChI is InChI=1S/C17H29NO/c1-4-6-7-8-9-11-15(5-2)18-16-12-10-13-17(14-16)19-3/h10,12-15,18H,4-9,11H2,1-3H3. The largest absolute Gasteiger partial charge is 0.497 e. The van der Waals surface area contributed by atoms with E-state index in [1.165, 1.54) is 50.6 Å². The first-order valence-corrected chi connectivity index (χ1v) is 7.70. The van der Waals surface area contributed by atoms with Gasteiger partial charge in [-0.3, -0.25) is 0 Å². The van der Waals surface area contributed by atoms with Gasteiger partial charge in [-0.15, -0.1) is 0 Å². The number of anilines is 1. The van der Waals surface area contributed by atoms with Crippen molar-refractivity contribution >= 4 is 5.69 Å². The first kappa shape index (κ1) is 15.9. The molecule has 1 unspecified atom stereocenters. The highest BCUT2D eigenvalue weighted by Crippen LogP contribution is 2.20. The quantitative estimate of drug-likeness (QED) is 0.582. The Morgan fingerprint density at radius 1 is 1.11 bits per heavy atom. The van der Waals surface area contributed by atoms with E-state index in [2.05, 4.69) is 31.3 Å². The number of hydrogen-bond donors (Lipinski definition) is 1. The van der Waals surface area contributed by atoms with E-state index in [4.69, 9.17) is 4.74 Å². The molecule has 1 aromatic carbocycles. The SMILES string of the molecule is CCCCCCCC(CC)Nc1cccc(OC)c1. The summed E-state index contributed by atoms with van der Waals surface area (Å²) in [5.41, 5.74) is 1.17. The van der Waals surface area contributed by atoms with E-state index < -0.39 is 0 Å². The van der Waals surface area contributed by atoms with Crippen LogP contribution >= 0.6 is 0 Å². The minimum Gasteiger partial charge on any atom is -0.497 e. The number of ether oxygens (including phenoxy) is 1. The van der Waals surface area contributed by atoms with E-state index in [-0.39, 0.29) is 0 Å². The molecule has 1 aromatic rings. The molecule has 2 nitrogen and oxygen atoms in total. The molecule has 2 heteroatoms. The van der Waals surface area contributed by atoms with Gasteiger partial charge in [-0.1, -0.05) is 52.0 Å². The molecule has 0 saturated heterocycles. The van der Waals surface area contributed by atoms with Crippen molar-refractivity contribution in [2.45, 2.75) is 64.8 Å². The van der Waals surface area contributed by atoms with Gasteiger partial charge >= 0.3 is 0 Å². The lowest BCUT2D eigenvalue weighted by Gasteiger charge is -2.18. The van der Waals surface area contributed by atoms with E-state index >= 15 is 0 Å². The molecular formula is C17H29NO. The van der Waals surface area contributed by atoms with E-state index in [0.29, 0.717) is 6.04 Å². The second-order valence-electron chi connectivity index (χ2n) is 5.18. The van der Waals surface area contributed by atoms with Gasteiger partial charge in [0.25, 0.3) is 0 Å². The normalized spacial score (nSPS) is 12.2. The first-order valence-electron chi connectivity index (χ1n) is 7.70. The maximum atomic E-state index is 5.26. The van der Waals surface area contributed by atoms with Crippen LogP contribution < -0.4 is 10.1 Å². The third-order valence-electron chi connectivity index (χ3n) is 3.59. The van der Waals surface area contributed by atoms with Gasteiger partial charge in [0, 0.05) is 17.8 Å². The second-order valence-corrected chi connectivity index (χ2v) is 5.18. The van der Waals surface area contributed by atoms with E-state index in [1.54, 1.807) is 7.11 Å². The van der Waals surface area contributed by atoms with Gasteiger partial charge in [0.15, 0.2) is 0 Å². The van der Waals surface area contributed by atoms with Crippen molar-refractivity contribution in [1.29, 1.82) is 0 Å². The van der Waals surface area contributed by atoms with E-state index in [0.717, 1.165) is 5.75 Å². The summed E-state index contributed by atoms with van der Waals surface area (Å²) in [4.78, 5) is 0. The topological polar surface area (TPSA) is 21.3 Å². The molecule has 0 aromatic heterocycles. The Bertz CT molecular complexity index is 338. The van der Waals surface area contributed by atoms with Crippen LogP contribution in [0.1, 0.15) is 58.8 Å². The third kappa shape index (κ3) is 6.51. The fourth-order valence-electron chi connectivity index (χ4n) is 2.32. The van der Waals surface area contributed by atoms with Crippen LogP contribution in [-0.4, -0.2) is 13.2 Å². The van der Waals surface area contributed by atoms with Gasteiger partial charge < -0.3 is 10.1 Å². The lowest BCUT2D eigenvalue weighted by Crippen LogP contribution is -2.18. The molecule has 0 radical (unpaired) electrons. The van der Waals surface area contributed by atoms with Crippen LogP contribution in [0.4, 0.5) is 5.69 Å². The summed E-state index contributed by atoms with van der Waals surface area (Å²) in [5.74, 6) is 0.919. The van der Waals surface area contributed by atoms with E-state index in [1.807, 2.05) is 12.1 Å². The average molecular weight is 263 g/mol. The summed E-state index contributed by atoms with van der Waals surface area (Å²) in [6.07, 6.45) is 9.20. The van der Waals surface area contributed by atoms with Crippen molar-refractivity contribution in [2.24, 2.45) is 0 Å². The minimum atomic E-state index is 0.578. The zero-order valence-corrected chi connectivity index (χ0v) is 12.7. The monoisotopic (exact) mass is 263 g/mol. The number of hydrogen-bond acceptors (Lipinski definition) is 2. The Balaban J connectivity index is 2.34. The van der Waals surface area contributed by atoms with Crippen LogP contribution in [-0.2, 0) is 0 Å². The molecule has 0 heterocycles. The molecule has 0 spiro atoms. The second kappa shape index (κ2) is 9.71. The van der Waals surface area contributed by atoms with Gasteiger partial charge in [0.05, 0.1) is 7.11 Å². The van der Waals surface area contributed by atoms with Crippen LogP contribution in [0.5, 0.6) is 5.75 Å². The predicted molar refractivity (Wildman–Crippen MR) is 84.1 cm³/mol. The van der Waals surface area contributed by atoms with Crippen molar-refractivity contribution in [3.63, 3.8) is 0 Å². The van der Waals surface area contributed by atoms with Gasteiger partial charge in [-0.05, 0) is 25.0 Å². The van der Waals surface area contributed by atoms with Crippen molar-refractivity contribution in [3.05, 3.63) is 24.3 Å². The highest BCUT2D eigenvalue weighted by atomic mass is 16.5. The van der Waals surface area contributed by atoms with E-state index in [9.17, 15) is 0 Å². The summed E-state index contributed by atoms with van der Waals surface area (Å²) in [6, 6.07) is 8.78. The Hall–Kier alpha value is -1.18. The maximum absolute atomic E-state index is 5.26. The number of unbranched alkanes of at least 4 members (excludes halogenated alkanes) is 4. The van der Waals surface area contributed by atoms with Crippen molar-refractivity contribution < 1.29 is 4.74 Å². The first-order chi connectivity index (χ1) is 9.30. The summed E-state index contributed by atoms with van der Waals surface area (Å²) in [6.45, 7) is 4.52. The smallest absolute Gasteiger partial charge is 0.120 e. The summed E-state index contributed by atoms with van der Waals surface area (Å²) in [7, 11) is 1.71. The molecule has 0 aliphatic rings. The Morgan fingerprint density at radius 3 is 2.58 bits per heavy atom. The van der Waals surface area contributed by atoms with Crippen molar-refractivity contribution in [2.75, 3.05) is 12.4 Å². The average Bonchev–Trinajstić information content (AvgIpc) is 2.46. The van der Waals surface area contributed by atoms with Crippen LogP contribution in [0.15, 0.2) is 24.3 Å². The highest BCUT2D eigenvalue weighted by molar-refractivity contribution is 5.48. The van der Waals surface area contributed by atoms with Crippen LogP contribution in [0, 0.1) is 0 Å². The molecular weight excluding hydrogens is 234 g/mol. The number of methoxy groups -OCH3 is 1. The number of benzene rings is 1. The maximum Gasteiger partial charge on any atom is 0.120 e. The Morgan fingerprint density at radius 2 is 1.89 bits per heavy atom. The van der Waals surface area contributed by atoms with Crippen LogP contribution in [0.3, 0.4) is 0 Å².